The molecule has 3 aromatic rings. The van der Waals surface area contributed by atoms with E-state index in [4.69, 9.17) is 19.2 Å². The number of carbonyl (C=O) groups is 4. The van der Waals surface area contributed by atoms with E-state index in [0.717, 1.165) is 5.56 Å². The Labute approximate surface area is 286 Å². The topological polar surface area (TPSA) is 156 Å². The largest absolute Gasteiger partial charge is 0.497 e. The number of aliphatic carboxylic acids is 1. The van der Waals surface area contributed by atoms with Gasteiger partial charge in [-0.05, 0) is 51.2 Å². The van der Waals surface area contributed by atoms with Gasteiger partial charge < -0.3 is 34.9 Å². The summed E-state index contributed by atoms with van der Waals surface area (Å²) in [5, 5.41) is 16.2. The molecular weight excluding hydrogens is 628 g/mol. The highest BCUT2D eigenvalue weighted by molar-refractivity contribution is 5.96. The number of alkyl carbamates (subject to hydrolysis) is 1. The Kier molecular flexibility index (Phi) is 10.1. The number of aromatic nitrogens is 1. The molecule has 2 aliphatic rings. The molecule has 12 heteroatoms. The summed E-state index contributed by atoms with van der Waals surface area (Å²) < 4.78 is 17.5. The van der Waals surface area contributed by atoms with Crippen molar-refractivity contribution in [1.29, 1.82) is 0 Å². The Morgan fingerprint density at radius 3 is 2.39 bits per heavy atom. The SMILES string of the molecule is CCC1CC1(NC(=O)C1CC(Oc2cc(-c3ccccc3)nc3cc(OC)ccc23)CN1C(=O)C(NC(=O)OC(C)(C)C)C(C)C)C(=O)O. The third-order valence-electron chi connectivity index (χ3n) is 9.12. The number of amides is 3. The van der Waals surface area contributed by atoms with Gasteiger partial charge in [0.2, 0.25) is 11.8 Å². The van der Waals surface area contributed by atoms with Gasteiger partial charge in [-0.15, -0.1) is 0 Å². The maximum atomic E-state index is 14.2. The zero-order chi connectivity index (χ0) is 35.7. The molecule has 1 aliphatic heterocycles. The summed E-state index contributed by atoms with van der Waals surface area (Å²) in [5.74, 6) is -1.60. The fourth-order valence-corrected chi connectivity index (χ4v) is 6.43. The highest BCUT2D eigenvalue weighted by atomic mass is 16.6. The molecule has 1 saturated carbocycles. The minimum atomic E-state index is -1.38. The van der Waals surface area contributed by atoms with Gasteiger partial charge in [-0.3, -0.25) is 9.59 Å². The van der Waals surface area contributed by atoms with E-state index in [1.807, 2.05) is 55.5 Å². The molecule has 3 amide bonds. The smallest absolute Gasteiger partial charge is 0.408 e. The van der Waals surface area contributed by atoms with Crippen molar-refractivity contribution in [1.82, 2.24) is 20.5 Å². The van der Waals surface area contributed by atoms with Crippen LogP contribution in [0.25, 0.3) is 22.2 Å². The first-order valence-electron chi connectivity index (χ1n) is 16.7. The molecule has 2 fully saturated rings. The third-order valence-corrected chi connectivity index (χ3v) is 9.12. The van der Waals surface area contributed by atoms with Crippen LogP contribution < -0.4 is 20.1 Å². The second-order valence-electron chi connectivity index (χ2n) is 14.2. The van der Waals surface area contributed by atoms with E-state index in [2.05, 4.69) is 10.6 Å². The van der Waals surface area contributed by atoms with Gasteiger partial charge in [0.1, 0.15) is 40.8 Å². The summed E-state index contributed by atoms with van der Waals surface area (Å²) in [7, 11) is 1.58. The molecule has 2 aromatic carbocycles. The van der Waals surface area contributed by atoms with Gasteiger partial charge >= 0.3 is 12.1 Å². The maximum Gasteiger partial charge on any atom is 0.408 e. The number of likely N-dealkylation sites (tertiary alicyclic amines) is 1. The predicted molar refractivity (Wildman–Crippen MR) is 183 cm³/mol. The molecule has 1 saturated heterocycles. The van der Waals surface area contributed by atoms with Crippen LogP contribution in [0.2, 0.25) is 0 Å². The Hall–Kier alpha value is -4.87. The number of hydrogen-bond acceptors (Lipinski definition) is 8. The Morgan fingerprint density at radius 2 is 1.80 bits per heavy atom. The molecule has 0 spiro atoms. The first-order chi connectivity index (χ1) is 23.2. The van der Waals surface area contributed by atoms with Crippen molar-refractivity contribution in [2.75, 3.05) is 13.7 Å². The van der Waals surface area contributed by atoms with E-state index in [1.165, 1.54) is 4.90 Å². The first-order valence-corrected chi connectivity index (χ1v) is 16.7. The molecule has 262 valence electrons. The van der Waals surface area contributed by atoms with Crippen LogP contribution in [0.1, 0.15) is 60.8 Å². The average molecular weight is 675 g/mol. The summed E-state index contributed by atoms with van der Waals surface area (Å²) in [6, 6.07) is 14.9. The second-order valence-corrected chi connectivity index (χ2v) is 14.2. The van der Waals surface area contributed by atoms with Crippen molar-refractivity contribution in [2.24, 2.45) is 11.8 Å². The van der Waals surface area contributed by atoms with Crippen LogP contribution in [0.3, 0.4) is 0 Å². The molecule has 12 nitrogen and oxygen atoms in total. The van der Waals surface area contributed by atoms with Gasteiger partial charge in [0.25, 0.3) is 0 Å². The van der Waals surface area contributed by atoms with Crippen molar-refractivity contribution < 1.29 is 38.5 Å². The minimum absolute atomic E-state index is 0.0219. The van der Waals surface area contributed by atoms with Crippen LogP contribution in [0.4, 0.5) is 4.79 Å². The summed E-state index contributed by atoms with van der Waals surface area (Å²) in [5.41, 5.74) is 0.0156. The van der Waals surface area contributed by atoms with Gasteiger partial charge in [0, 0.05) is 29.5 Å². The highest BCUT2D eigenvalue weighted by Crippen LogP contribution is 2.46. The van der Waals surface area contributed by atoms with E-state index in [9.17, 15) is 24.3 Å². The van der Waals surface area contributed by atoms with Crippen molar-refractivity contribution in [3.8, 4) is 22.8 Å². The molecular formula is C37H46N4O8. The number of fused-ring (bicyclic) bond motifs is 1. The third kappa shape index (κ3) is 7.73. The molecule has 0 bridgehead atoms. The van der Waals surface area contributed by atoms with Crippen LogP contribution >= 0.6 is 0 Å². The van der Waals surface area contributed by atoms with E-state index in [1.54, 1.807) is 47.8 Å². The summed E-state index contributed by atoms with van der Waals surface area (Å²) in [6.45, 7) is 10.7. The molecule has 3 N–H and O–H groups in total. The first kappa shape index (κ1) is 35.4. The monoisotopic (exact) mass is 674 g/mol. The number of nitrogens with zero attached hydrogens (tertiary/aromatic N) is 2. The Bertz CT molecular complexity index is 1720. The quantitative estimate of drug-likeness (QED) is 0.250. The Morgan fingerprint density at radius 1 is 1.08 bits per heavy atom. The molecule has 1 aromatic heterocycles. The summed E-state index contributed by atoms with van der Waals surface area (Å²) in [6.07, 6.45) is -0.401. The zero-order valence-electron chi connectivity index (χ0n) is 29.1. The molecule has 0 radical (unpaired) electrons. The van der Waals surface area contributed by atoms with E-state index in [-0.39, 0.29) is 24.8 Å². The van der Waals surface area contributed by atoms with E-state index >= 15 is 0 Å². The van der Waals surface area contributed by atoms with Crippen LogP contribution in [0, 0.1) is 11.8 Å². The Balaban J connectivity index is 1.48. The van der Waals surface area contributed by atoms with Crippen molar-refractivity contribution in [3.05, 3.63) is 54.6 Å². The van der Waals surface area contributed by atoms with Crippen molar-refractivity contribution in [2.45, 2.75) is 90.1 Å². The number of rotatable bonds is 11. The second kappa shape index (κ2) is 13.9. The van der Waals surface area contributed by atoms with Gasteiger partial charge in [0.05, 0.1) is 24.9 Å². The lowest BCUT2D eigenvalue weighted by Crippen LogP contribution is -2.57. The zero-order valence-corrected chi connectivity index (χ0v) is 29.1. The number of methoxy groups -OCH3 is 1. The average Bonchev–Trinajstić information content (AvgIpc) is 3.61. The number of carboxylic acid groups (broad SMARTS) is 1. The number of carboxylic acids is 1. The number of pyridine rings is 1. The number of ether oxygens (including phenoxy) is 3. The molecule has 1 aliphatic carbocycles. The molecule has 5 atom stereocenters. The number of hydrogen-bond donors (Lipinski definition) is 3. The lowest BCUT2D eigenvalue weighted by atomic mass is 10.0. The number of benzene rings is 2. The summed E-state index contributed by atoms with van der Waals surface area (Å²) >= 11 is 0. The minimum Gasteiger partial charge on any atom is -0.497 e. The summed E-state index contributed by atoms with van der Waals surface area (Å²) in [4.78, 5) is 59.5. The van der Waals surface area contributed by atoms with Gasteiger partial charge in [-0.1, -0.05) is 57.5 Å². The molecule has 49 heavy (non-hydrogen) atoms. The van der Waals surface area contributed by atoms with Crippen molar-refractivity contribution >= 4 is 34.8 Å². The maximum absolute atomic E-state index is 14.2. The molecule has 5 rings (SSSR count). The van der Waals surface area contributed by atoms with E-state index < -0.39 is 53.2 Å². The van der Waals surface area contributed by atoms with Gasteiger partial charge in [-0.25, -0.2) is 14.6 Å². The lowest BCUT2D eigenvalue weighted by Gasteiger charge is -2.31. The molecule has 2 heterocycles. The van der Waals surface area contributed by atoms with Crippen LogP contribution in [0.5, 0.6) is 11.5 Å². The standard InChI is InChI=1S/C37H46N4O8/c1-8-23-19-37(23,34(44)45)40-32(42)29-17-25(20-41(29)33(43)31(21(2)3)39-35(46)49-36(4,5)6)48-30-18-27(22-12-10-9-11-13-22)38-28-16-24(47-7)14-15-26(28)30/h9-16,18,21,23,25,29,31H,8,17,19-20H2,1-7H3,(H,39,46)(H,40,42)(H,44,45). The molecule has 5 unspecified atom stereocenters. The highest BCUT2D eigenvalue weighted by Gasteiger charge is 2.61. The van der Waals surface area contributed by atoms with Crippen LogP contribution in [-0.2, 0) is 19.1 Å². The van der Waals surface area contributed by atoms with Gasteiger partial charge in [0.15, 0.2) is 0 Å². The fraction of sp³-hybridized carbons (Fsp3) is 0.486. The lowest BCUT2D eigenvalue weighted by molar-refractivity contribution is -0.146. The van der Waals surface area contributed by atoms with E-state index in [0.29, 0.717) is 40.9 Å². The predicted octanol–water partition coefficient (Wildman–Crippen LogP) is 5.18. The van der Waals surface area contributed by atoms with Crippen LogP contribution in [-0.4, -0.2) is 81.8 Å². The van der Waals surface area contributed by atoms with Gasteiger partial charge in [-0.2, -0.15) is 0 Å². The fourth-order valence-electron chi connectivity index (χ4n) is 6.43. The number of carbonyl (C=O) groups excluding carboxylic acids is 3. The normalized spacial score (nSPS) is 22.4. The van der Waals surface area contributed by atoms with Crippen molar-refractivity contribution in [3.63, 3.8) is 0 Å². The number of nitrogens with one attached hydrogen (secondary N) is 2. The van der Waals surface area contributed by atoms with Crippen LogP contribution in [0.15, 0.2) is 54.6 Å².